The number of hydrogen-bond donors (Lipinski definition) is 3. The number of nitrogens with two attached hydrogens (primary N) is 1. The monoisotopic (exact) mass is 236 g/mol. The molecule has 92 valence electrons. The third-order valence-electron chi connectivity index (χ3n) is 2.25. The van der Waals surface area contributed by atoms with Crippen molar-refractivity contribution in [2.24, 2.45) is 10.9 Å². The molecular formula is C11H16N4O2. The summed E-state index contributed by atoms with van der Waals surface area (Å²) in [6.07, 6.45) is 1.85. The molecule has 0 saturated carbocycles. The molecule has 0 aliphatic carbocycles. The van der Waals surface area contributed by atoms with Crippen LogP contribution >= 0.6 is 0 Å². The fourth-order valence-corrected chi connectivity index (χ4v) is 1.42. The fraction of sp³-hybridized carbons (Fsp3) is 0.364. The number of oxime groups is 1. The molecular weight excluding hydrogens is 220 g/mol. The number of aryl methyl sites for hydroxylation is 1. The van der Waals surface area contributed by atoms with E-state index in [1.807, 2.05) is 13.0 Å². The van der Waals surface area contributed by atoms with Gasteiger partial charge in [0, 0.05) is 18.7 Å². The zero-order valence-corrected chi connectivity index (χ0v) is 9.84. The van der Waals surface area contributed by atoms with Gasteiger partial charge in [-0.15, -0.1) is 0 Å². The lowest BCUT2D eigenvalue weighted by molar-refractivity contribution is 0.0935. The van der Waals surface area contributed by atoms with Crippen LogP contribution in [0.2, 0.25) is 0 Å². The molecule has 0 radical (unpaired) electrons. The van der Waals surface area contributed by atoms with Crippen molar-refractivity contribution in [2.75, 3.05) is 0 Å². The van der Waals surface area contributed by atoms with Gasteiger partial charge in [0.05, 0.1) is 0 Å². The molecule has 1 aromatic rings. The normalized spacial score (nSPS) is 13.2. The van der Waals surface area contributed by atoms with Gasteiger partial charge in [0.15, 0.2) is 0 Å². The number of carbonyl (C=O) groups is 1. The zero-order chi connectivity index (χ0) is 12.8. The maximum absolute atomic E-state index is 11.8. The van der Waals surface area contributed by atoms with Gasteiger partial charge in [-0.3, -0.25) is 9.78 Å². The van der Waals surface area contributed by atoms with Gasteiger partial charge in [-0.25, -0.2) is 0 Å². The molecule has 1 amide bonds. The van der Waals surface area contributed by atoms with Gasteiger partial charge in [0.1, 0.15) is 11.5 Å². The third kappa shape index (κ3) is 3.75. The Kier molecular flexibility index (Phi) is 4.45. The van der Waals surface area contributed by atoms with Crippen LogP contribution in [0.25, 0.3) is 0 Å². The Balaban J connectivity index is 2.64. The van der Waals surface area contributed by atoms with Crippen LogP contribution in [-0.4, -0.2) is 28.0 Å². The number of amidine groups is 1. The summed E-state index contributed by atoms with van der Waals surface area (Å²) < 4.78 is 0. The van der Waals surface area contributed by atoms with Crippen LogP contribution in [0.4, 0.5) is 0 Å². The van der Waals surface area contributed by atoms with E-state index in [9.17, 15) is 4.79 Å². The summed E-state index contributed by atoms with van der Waals surface area (Å²) in [5, 5.41) is 14.0. The molecule has 0 aliphatic rings. The molecule has 1 unspecified atom stereocenters. The first-order valence-corrected chi connectivity index (χ1v) is 5.23. The van der Waals surface area contributed by atoms with Crippen molar-refractivity contribution in [3.8, 4) is 0 Å². The van der Waals surface area contributed by atoms with E-state index < -0.39 is 0 Å². The Morgan fingerprint density at radius 3 is 3.00 bits per heavy atom. The van der Waals surface area contributed by atoms with E-state index in [4.69, 9.17) is 10.9 Å². The SMILES string of the molecule is Cc1cccnc1C(=O)NC(C)CC(N)=NO. The van der Waals surface area contributed by atoms with E-state index in [-0.39, 0.29) is 24.2 Å². The van der Waals surface area contributed by atoms with Gasteiger partial charge in [0.2, 0.25) is 0 Å². The van der Waals surface area contributed by atoms with Crippen molar-refractivity contribution in [1.29, 1.82) is 0 Å². The van der Waals surface area contributed by atoms with Crippen molar-refractivity contribution in [3.05, 3.63) is 29.6 Å². The van der Waals surface area contributed by atoms with Crippen LogP contribution in [-0.2, 0) is 0 Å². The third-order valence-corrected chi connectivity index (χ3v) is 2.25. The minimum absolute atomic E-state index is 0.0792. The number of rotatable bonds is 4. The first-order valence-electron chi connectivity index (χ1n) is 5.23. The predicted molar refractivity (Wildman–Crippen MR) is 63.9 cm³/mol. The van der Waals surface area contributed by atoms with E-state index in [0.29, 0.717) is 5.69 Å². The second kappa shape index (κ2) is 5.83. The molecule has 0 saturated heterocycles. The van der Waals surface area contributed by atoms with Crippen LogP contribution in [0, 0.1) is 6.92 Å². The molecule has 6 heteroatoms. The van der Waals surface area contributed by atoms with Crippen molar-refractivity contribution < 1.29 is 10.0 Å². The second-order valence-corrected chi connectivity index (χ2v) is 3.84. The molecule has 0 bridgehead atoms. The highest BCUT2D eigenvalue weighted by molar-refractivity contribution is 5.94. The van der Waals surface area contributed by atoms with Crippen molar-refractivity contribution in [3.63, 3.8) is 0 Å². The first-order chi connectivity index (χ1) is 8.04. The number of carbonyl (C=O) groups excluding carboxylic acids is 1. The number of hydrogen-bond acceptors (Lipinski definition) is 4. The zero-order valence-electron chi connectivity index (χ0n) is 9.84. The van der Waals surface area contributed by atoms with Crippen LogP contribution < -0.4 is 11.1 Å². The van der Waals surface area contributed by atoms with E-state index in [1.54, 1.807) is 19.2 Å². The second-order valence-electron chi connectivity index (χ2n) is 3.84. The summed E-state index contributed by atoms with van der Waals surface area (Å²) in [4.78, 5) is 15.8. The highest BCUT2D eigenvalue weighted by Crippen LogP contribution is 2.03. The summed E-state index contributed by atoms with van der Waals surface area (Å²) in [6.45, 7) is 3.59. The Hall–Kier alpha value is -2.11. The van der Waals surface area contributed by atoms with Crippen LogP contribution in [0.15, 0.2) is 23.5 Å². The molecule has 4 N–H and O–H groups in total. The predicted octanol–water partition coefficient (Wildman–Crippen LogP) is 0.645. The van der Waals surface area contributed by atoms with Crippen molar-refractivity contribution >= 4 is 11.7 Å². The number of amides is 1. The minimum atomic E-state index is -0.263. The Morgan fingerprint density at radius 1 is 1.71 bits per heavy atom. The lowest BCUT2D eigenvalue weighted by Crippen LogP contribution is -2.36. The van der Waals surface area contributed by atoms with Crippen molar-refractivity contribution in [1.82, 2.24) is 10.3 Å². The highest BCUT2D eigenvalue weighted by atomic mass is 16.4. The van der Waals surface area contributed by atoms with Crippen molar-refractivity contribution in [2.45, 2.75) is 26.3 Å². The average Bonchev–Trinajstić information content (AvgIpc) is 2.29. The first kappa shape index (κ1) is 13.0. The van der Waals surface area contributed by atoms with Gasteiger partial charge >= 0.3 is 0 Å². The Labute approximate surface area is 99.5 Å². The minimum Gasteiger partial charge on any atom is -0.409 e. The van der Waals surface area contributed by atoms with E-state index in [1.165, 1.54) is 0 Å². The van der Waals surface area contributed by atoms with E-state index >= 15 is 0 Å². The number of nitrogens with one attached hydrogen (secondary N) is 1. The fourth-order valence-electron chi connectivity index (χ4n) is 1.42. The topological polar surface area (TPSA) is 101 Å². The van der Waals surface area contributed by atoms with Gasteiger partial charge in [0.25, 0.3) is 5.91 Å². The van der Waals surface area contributed by atoms with E-state index in [0.717, 1.165) is 5.56 Å². The molecule has 1 heterocycles. The van der Waals surface area contributed by atoms with Crippen LogP contribution in [0.3, 0.4) is 0 Å². The molecule has 0 spiro atoms. The summed E-state index contributed by atoms with van der Waals surface area (Å²) >= 11 is 0. The van der Waals surface area contributed by atoms with Crippen LogP contribution in [0.1, 0.15) is 29.4 Å². The standard InChI is InChI=1S/C11H16N4O2/c1-7-4-3-5-13-10(7)11(16)14-8(2)6-9(12)15-17/h3-5,8,17H,6H2,1-2H3,(H2,12,15)(H,14,16). The molecule has 0 fully saturated rings. The van der Waals surface area contributed by atoms with Gasteiger partial charge in [-0.2, -0.15) is 0 Å². The van der Waals surface area contributed by atoms with Crippen LogP contribution in [0.5, 0.6) is 0 Å². The molecule has 17 heavy (non-hydrogen) atoms. The highest BCUT2D eigenvalue weighted by Gasteiger charge is 2.13. The summed E-state index contributed by atoms with van der Waals surface area (Å²) in [7, 11) is 0. The number of nitrogens with zero attached hydrogens (tertiary/aromatic N) is 2. The molecule has 0 aliphatic heterocycles. The summed E-state index contributed by atoms with van der Waals surface area (Å²) in [5.41, 5.74) is 6.55. The molecule has 1 aromatic heterocycles. The van der Waals surface area contributed by atoms with Gasteiger partial charge in [-0.1, -0.05) is 11.2 Å². The maximum atomic E-state index is 11.8. The van der Waals surface area contributed by atoms with E-state index in [2.05, 4.69) is 15.5 Å². The number of aromatic nitrogens is 1. The number of pyridine rings is 1. The molecule has 0 aromatic carbocycles. The molecule has 1 atom stereocenters. The Morgan fingerprint density at radius 2 is 2.41 bits per heavy atom. The summed E-state index contributed by atoms with van der Waals surface area (Å²) in [6, 6.07) is 3.36. The maximum Gasteiger partial charge on any atom is 0.270 e. The lowest BCUT2D eigenvalue weighted by Gasteiger charge is -2.13. The smallest absolute Gasteiger partial charge is 0.270 e. The van der Waals surface area contributed by atoms with Gasteiger partial charge in [-0.05, 0) is 25.5 Å². The molecule has 6 nitrogen and oxygen atoms in total. The quantitative estimate of drug-likeness (QED) is 0.309. The Bertz CT molecular complexity index is 431. The largest absolute Gasteiger partial charge is 0.409 e. The summed E-state index contributed by atoms with van der Waals surface area (Å²) in [5.74, 6) is -0.183. The lowest BCUT2D eigenvalue weighted by atomic mass is 10.2. The molecule has 1 rings (SSSR count). The van der Waals surface area contributed by atoms with Gasteiger partial charge < -0.3 is 16.3 Å². The average molecular weight is 236 g/mol.